The highest BCUT2D eigenvalue weighted by Crippen LogP contribution is 2.38. The third-order valence-corrected chi connectivity index (χ3v) is 5.43. The molecule has 166 valence electrons. The second-order valence-corrected chi connectivity index (χ2v) is 8.05. The molecule has 2 unspecified atom stereocenters. The van der Waals surface area contributed by atoms with Gasteiger partial charge in [-0.25, -0.2) is 0 Å². The van der Waals surface area contributed by atoms with Crippen molar-refractivity contribution in [3.05, 3.63) is 78.0 Å². The van der Waals surface area contributed by atoms with E-state index in [4.69, 9.17) is 14.2 Å². The minimum Gasteiger partial charge on any atom is -0.507 e. The van der Waals surface area contributed by atoms with Gasteiger partial charge in [0, 0.05) is 24.6 Å². The number of hydrogen-bond donors (Lipinski definition) is 1. The van der Waals surface area contributed by atoms with E-state index in [1.54, 1.807) is 23.9 Å². The highest BCUT2D eigenvalue weighted by atomic mass is 16.5. The van der Waals surface area contributed by atoms with E-state index < -0.39 is 0 Å². The van der Waals surface area contributed by atoms with E-state index in [0.29, 0.717) is 29.4 Å². The second kappa shape index (κ2) is 9.22. The van der Waals surface area contributed by atoms with Crippen molar-refractivity contribution in [2.45, 2.75) is 26.6 Å². The Morgan fingerprint density at radius 2 is 1.97 bits per heavy atom. The molecule has 1 N–H and O–H groups in total. The van der Waals surface area contributed by atoms with Gasteiger partial charge in [-0.1, -0.05) is 36.8 Å². The zero-order valence-electron chi connectivity index (χ0n) is 18.8. The van der Waals surface area contributed by atoms with Crippen LogP contribution in [0.2, 0.25) is 0 Å². The number of methoxy groups -OCH3 is 1. The van der Waals surface area contributed by atoms with Gasteiger partial charge in [0.15, 0.2) is 5.75 Å². The van der Waals surface area contributed by atoms with E-state index in [1.165, 1.54) is 5.57 Å². The maximum atomic E-state index is 10.7. The van der Waals surface area contributed by atoms with Gasteiger partial charge in [-0.3, -0.25) is 4.68 Å². The van der Waals surface area contributed by atoms with Crippen LogP contribution in [-0.2, 0) is 13.7 Å². The van der Waals surface area contributed by atoms with Gasteiger partial charge in [0.25, 0.3) is 0 Å². The molecular weight excluding hydrogens is 404 g/mol. The van der Waals surface area contributed by atoms with Crippen LogP contribution in [0.15, 0.2) is 72.5 Å². The molecule has 0 amide bonds. The van der Waals surface area contributed by atoms with Crippen LogP contribution in [0, 0.1) is 5.92 Å². The first-order chi connectivity index (χ1) is 15.4. The Morgan fingerprint density at radius 3 is 2.75 bits per heavy atom. The van der Waals surface area contributed by atoms with E-state index in [9.17, 15) is 5.11 Å². The van der Waals surface area contributed by atoms with Crippen LogP contribution in [0.1, 0.15) is 19.4 Å². The minimum absolute atomic E-state index is 0.0833. The van der Waals surface area contributed by atoms with Crippen molar-refractivity contribution in [2.75, 3.05) is 7.11 Å². The van der Waals surface area contributed by atoms with Crippen LogP contribution >= 0.6 is 0 Å². The molecule has 2 atom stereocenters. The maximum Gasteiger partial charge on any atom is 0.166 e. The Hall–Kier alpha value is -3.67. The van der Waals surface area contributed by atoms with E-state index in [-0.39, 0.29) is 17.8 Å². The van der Waals surface area contributed by atoms with Crippen LogP contribution in [-0.4, -0.2) is 28.1 Å². The van der Waals surface area contributed by atoms with Crippen molar-refractivity contribution >= 4 is 0 Å². The van der Waals surface area contributed by atoms with Crippen LogP contribution in [0.5, 0.6) is 23.0 Å². The second-order valence-electron chi connectivity index (χ2n) is 8.05. The smallest absolute Gasteiger partial charge is 0.166 e. The molecule has 1 aliphatic carbocycles. The Labute approximate surface area is 188 Å². The van der Waals surface area contributed by atoms with Gasteiger partial charge < -0.3 is 19.3 Å². The topological polar surface area (TPSA) is 65.7 Å². The molecular formula is C26H28N2O4. The quantitative estimate of drug-likeness (QED) is 0.550. The molecule has 0 saturated heterocycles. The molecule has 1 aliphatic rings. The SMILES string of the molecule is COc1cccc(COc2ccc(-c3nn(C)cc3OC3C=C(C)C=CC3C)c(O)c2)c1. The average Bonchev–Trinajstić information content (AvgIpc) is 3.14. The van der Waals surface area contributed by atoms with E-state index in [2.05, 4.69) is 37.2 Å². The number of phenolic OH excluding ortho intramolecular Hbond substituents is 1. The molecule has 0 aliphatic heterocycles. The van der Waals surface area contributed by atoms with Crippen LogP contribution in [0.4, 0.5) is 0 Å². The third-order valence-electron chi connectivity index (χ3n) is 5.43. The predicted molar refractivity (Wildman–Crippen MR) is 124 cm³/mol. The number of benzene rings is 2. The van der Waals surface area contributed by atoms with E-state index >= 15 is 0 Å². The van der Waals surface area contributed by atoms with Gasteiger partial charge in [-0.2, -0.15) is 5.10 Å². The number of phenols is 1. The Kier molecular flexibility index (Phi) is 6.21. The molecule has 0 saturated carbocycles. The highest BCUT2D eigenvalue weighted by Gasteiger charge is 2.22. The van der Waals surface area contributed by atoms with Crippen molar-refractivity contribution < 1.29 is 19.3 Å². The molecule has 0 radical (unpaired) electrons. The van der Waals surface area contributed by atoms with Crippen molar-refractivity contribution in [1.82, 2.24) is 9.78 Å². The molecule has 4 rings (SSSR count). The monoisotopic (exact) mass is 432 g/mol. The molecule has 0 bridgehead atoms. The lowest BCUT2D eigenvalue weighted by atomic mass is 9.96. The number of allylic oxidation sites excluding steroid dienone is 2. The number of aromatic nitrogens is 2. The number of nitrogens with zero attached hydrogens (tertiary/aromatic N) is 2. The molecule has 2 aromatic carbocycles. The molecule has 6 heteroatoms. The van der Waals surface area contributed by atoms with Gasteiger partial charge in [-0.15, -0.1) is 0 Å². The fourth-order valence-electron chi connectivity index (χ4n) is 3.64. The predicted octanol–water partition coefficient (Wildman–Crippen LogP) is 5.28. The zero-order chi connectivity index (χ0) is 22.7. The van der Waals surface area contributed by atoms with Gasteiger partial charge in [0.2, 0.25) is 0 Å². The Morgan fingerprint density at radius 1 is 1.12 bits per heavy atom. The number of ether oxygens (including phenoxy) is 3. The largest absolute Gasteiger partial charge is 0.507 e. The highest BCUT2D eigenvalue weighted by molar-refractivity contribution is 5.72. The number of rotatable bonds is 7. The van der Waals surface area contributed by atoms with Crippen molar-refractivity contribution in [1.29, 1.82) is 0 Å². The Balaban J connectivity index is 1.52. The average molecular weight is 433 g/mol. The van der Waals surface area contributed by atoms with Crippen molar-refractivity contribution in [3.63, 3.8) is 0 Å². The summed E-state index contributed by atoms with van der Waals surface area (Å²) < 4.78 is 19.1. The van der Waals surface area contributed by atoms with E-state index in [0.717, 1.165) is 11.3 Å². The summed E-state index contributed by atoms with van der Waals surface area (Å²) in [5.41, 5.74) is 3.33. The molecule has 32 heavy (non-hydrogen) atoms. The zero-order valence-corrected chi connectivity index (χ0v) is 18.8. The molecule has 6 nitrogen and oxygen atoms in total. The summed E-state index contributed by atoms with van der Waals surface area (Å²) in [6.45, 7) is 4.54. The van der Waals surface area contributed by atoms with Crippen molar-refractivity contribution in [3.8, 4) is 34.3 Å². The third kappa shape index (κ3) is 4.80. The summed E-state index contributed by atoms with van der Waals surface area (Å²) >= 11 is 0. The van der Waals surface area contributed by atoms with Gasteiger partial charge >= 0.3 is 0 Å². The Bertz CT molecular complexity index is 1160. The van der Waals surface area contributed by atoms with Crippen molar-refractivity contribution in [2.24, 2.45) is 13.0 Å². The summed E-state index contributed by atoms with van der Waals surface area (Å²) in [5, 5.41) is 15.3. The lowest BCUT2D eigenvalue weighted by Gasteiger charge is -2.23. The van der Waals surface area contributed by atoms with Crippen LogP contribution < -0.4 is 14.2 Å². The maximum absolute atomic E-state index is 10.7. The number of aryl methyl sites for hydroxylation is 1. The summed E-state index contributed by atoms with van der Waals surface area (Å²) in [6, 6.07) is 12.9. The number of aromatic hydroxyl groups is 1. The fourth-order valence-corrected chi connectivity index (χ4v) is 3.64. The normalized spacial score (nSPS) is 17.7. The summed E-state index contributed by atoms with van der Waals surface area (Å²) in [4.78, 5) is 0. The van der Waals surface area contributed by atoms with Gasteiger partial charge in [-0.05, 0) is 42.8 Å². The molecule has 0 fully saturated rings. The van der Waals surface area contributed by atoms with Gasteiger partial charge in [0.1, 0.15) is 35.7 Å². The first-order valence-corrected chi connectivity index (χ1v) is 10.6. The first kappa shape index (κ1) is 21.6. The number of hydrogen-bond acceptors (Lipinski definition) is 5. The summed E-state index contributed by atoms with van der Waals surface area (Å²) in [6.07, 6.45) is 8.09. The van der Waals surface area contributed by atoms with Gasteiger partial charge in [0.05, 0.1) is 13.3 Å². The fraction of sp³-hybridized carbons (Fsp3) is 0.269. The van der Waals surface area contributed by atoms with E-state index in [1.807, 2.05) is 43.6 Å². The molecule has 0 spiro atoms. The summed E-state index contributed by atoms with van der Waals surface area (Å²) in [7, 11) is 3.47. The summed E-state index contributed by atoms with van der Waals surface area (Å²) in [5.74, 6) is 2.30. The molecule has 3 aromatic rings. The minimum atomic E-state index is -0.0874. The first-order valence-electron chi connectivity index (χ1n) is 10.6. The lowest BCUT2D eigenvalue weighted by Crippen LogP contribution is -2.23. The molecule has 1 aromatic heterocycles. The molecule has 1 heterocycles. The standard InChI is InChI=1S/C26H28N2O4/c1-17-8-9-18(2)24(12-17)32-25-15-28(3)27-26(25)22-11-10-21(14-23(22)29)31-16-19-6-5-7-20(13-19)30-4/h5-15,18,24,29H,16H2,1-4H3. The lowest BCUT2D eigenvalue weighted by molar-refractivity contribution is 0.209. The van der Waals surface area contributed by atoms with Crippen LogP contribution in [0.25, 0.3) is 11.3 Å². The van der Waals surface area contributed by atoms with Crippen LogP contribution in [0.3, 0.4) is 0 Å².